The minimum atomic E-state index is -0.725. The van der Waals surface area contributed by atoms with E-state index in [-0.39, 0.29) is 23.7 Å². The van der Waals surface area contributed by atoms with E-state index in [1.807, 2.05) is 31.3 Å². The second-order valence-corrected chi connectivity index (χ2v) is 9.21. The van der Waals surface area contributed by atoms with Crippen LogP contribution in [0, 0.1) is 6.92 Å². The van der Waals surface area contributed by atoms with Gasteiger partial charge in [-0.15, -0.1) is 0 Å². The van der Waals surface area contributed by atoms with Crippen LogP contribution < -0.4 is 4.90 Å². The Labute approximate surface area is 204 Å². The summed E-state index contributed by atoms with van der Waals surface area (Å²) in [6, 6.07) is 10.9. The van der Waals surface area contributed by atoms with Crippen molar-refractivity contribution in [3.8, 4) is 11.4 Å². The molecule has 1 aliphatic rings. The van der Waals surface area contributed by atoms with Crippen LogP contribution in [0.2, 0.25) is 10.0 Å². The molecule has 33 heavy (non-hydrogen) atoms. The molecule has 1 saturated carbocycles. The number of aromatic nitrogens is 2. The lowest BCUT2D eigenvalue weighted by molar-refractivity contribution is -0.0993. The van der Waals surface area contributed by atoms with Crippen LogP contribution in [0.3, 0.4) is 0 Å². The van der Waals surface area contributed by atoms with Gasteiger partial charge in [0.2, 0.25) is 0 Å². The van der Waals surface area contributed by atoms with Crippen molar-refractivity contribution in [3.05, 3.63) is 69.5 Å². The average molecular weight is 490 g/mol. The van der Waals surface area contributed by atoms with Gasteiger partial charge in [-0.3, -0.25) is 0 Å². The van der Waals surface area contributed by atoms with Crippen molar-refractivity contribution in [1.29, 1.82) is 0 Å². The Hall–Kier alpha value is -2.25. The number of rotatable bonds is 7. The summed E-state index contributed by atoms with van der Waals surface area (Å²) in [5.41, 5.74) is 4.02. The SMILES string of the molecule is CCN(CC)c1ccc(C2C(O)C(c3cn(-c4ccc(Cl)cc4Cl)nc3C)C2OC)c(O)c1. The number of aromatic hydroxyl groups is 1. The molecule has 1 heterocycles. The minimum absolute atomic E-state index is 0.171. The summed E-state index contributed by atoms with van der Waals surface area (Å²) in [6.45, 7) is 7.76. The number of anilines is 1. The summed E-state index contributed by atoms with van der Waals surface area (Å²) in [6.07, 6.45) is 0.851. The molecule has 4 atom stereocenters. The molecular weight excluding hydrogens is 461 g/mol. The predicted octanol–water partition coefficient (Wildman–Crippen LogP) is 5.30. The lowest BCUT2D eigenvalue weighted by Gasteiger charge is -2.48. The van der Waals surface area contributed by atoms with Crippen LogP contribution in [0.1, 0.15) is 42.5 Å². The minimum Gasteiger partial charge on any atom is -0.508 e. The number of methoxy groups -OCH3 is 1. The smallest absolute Gasteiger partial charge is 0.121 e. The van der Waals surface area contributed by atoms with Gasteiger partial charge in [0, 0.05) is 66.1 Å². The lowest BCUT2D eigenvalue weighted by Crippen LogP contribution is -2.52. The van der Waals surface area contributed by atoms with Gasteiger partial charge in [0.25, 0.3) is 0 Å². The second-order valence-electron chi connectivity index (χ2n) is 8.37. The monoisotopic (exact) mass is 489 g/mol. The summed E-state index contributed by atoms with van der Waals surface area (Å²) < 4.78 is 7.51. The highest BCUT2D eigenvalue weighted by atomic mass is 35.5. The summed E-state index contributed by atoms with van der Waals surface area (Å²) in [5, 5.41) is 27.6. The molecule has 0 amide bonds. The van der Waals surface area contributed by atoms with Crippen LogP contribution in [0.15, 0.2) is 42.6 Å². The number of ether oxygens (including phenoxy) is 1. The fourth-order valence-corrected chi connectivity index (χ4v) is 5.39. The first kappa shape index (κ1) is 23.9. The van der Waals surface area contributed by atoms with E-state index >= 15 is 0 Å². The highest BCUT2D eigenvalue weighted by Gasteiger charge is 2.53. The molecule has 0 saturated heterocycles. The molecule has 8 heteroatoms. The maximum Gasteiger partial charge on any atom is 0.121 e. The fraction of sp³-hybridized carbons (Fsp3) is 0.400. The zero-order chi connectivity index (χ0) is 23.9. The van der Waals surface area contributed by atoms with Crippen molar-refractivity contribution < 1.29 is 14.9 Å². The largest absolute Gasteiger partial charge is 0.508 e. The van der Waals surface area contributed by atoms with Gasteiger partial charge in [-0.1, -0.05) is 29.3 Å². The molecule has 1 aliphatic carbocycles. The standard InChI is InChI=1S/C25H29Cl2N3O3/c1-5-29(6-2)16-8-9-17(21(31)12-16)22-24(32)23(25(22)33-4)18-13-30(28-14(18)3)20-10-7-15(26)11-19(20)27/h7-13,22-25,31-32H,5-6H2,1-4H3. The summed E-state index contributed by atoms with van der Waals surface area (Å²) in [5.74, 6) is -0.446. The molecule has 0 radical (unpaired) electrons. The normalized spacial score (nSPS) is 22.3. The van der Waals surface area contributed by atoms with Crippen molar-refractivity contribution in [1.82, 2.24) is 9.78 Å². The van der Waals surface area contributed by atoms with Crippen LogP contribution in [-0.4, -0.2) is 52.4 Å². The quantitative estimate of drug-likeness (QED) is 0.471. The number of halogens is 2. The van der Waals surface area contributed by atoms with Gasteiger partial charge in [-0.25, -0.2) is 4.68 Å². The molecule has 2 aromatic carbocycles. The first-order chi connectivity index (χ1) is 15.8. The summed E-state index contributed by atoms with van der Waals surface area (Å²) in [7, 11) is 1.63. The maximum absolute atomic E-state index is 11.2. The van der Waals surface area contributed by atoms with E-state index in [1.54, 1.807) is 30.0 Å². The molecule has 4 rings (SSSR count). The van der Waals surface area contributed by atoms with E-state index in [2.05, 4.69) is 23.8 Å². The van der Waals surface area contributed by atoms with Gasteiger partial charge in [0.05, 0.1) is 28.6 Å². The third kappa shape index (κ3) is 4.21. The number of phenolic OH excluding ortho intramolecular Hbond substituents is 1. The van der Waals surface area contributed by atoms with Crippen LogP contribution in [0.5, 0.6) is 5.75 Å². The van der Waals surface area contributed by atoms with E-state index in [1.165, 1.54) is 0 Å². The van der Waals surface area contributed by atoms with Crippen LogP contribution >= 0.6 is 23.2 Å². The van der Waals surface area contributed by atoms with Crippen molar-refractivity contribution in [2.24, 2.45) is 0 Å². The molecule has 1 fully saturated rings. The molecule has 2 N–H and O–H groups in total. The van der Waals surface area contributed by atoms with E-state index in [0.717, 1.165) is 30.0 Å². The Morgan fingerprint density at radius 1 is 1.06 bits per heavy atom. The van der Waals surface area contributed by atoms with Crippen molar-refractivity contribution in [3.63, 3.8) is 0 Å². The number of nitrogens with zero attached hydrogens (tertiary/aromatic N) is 3. The van der Waals surface area contributed by atoms with Crippen LogP contribution in [0.25, 0.3) is 5.69 Å². The van der Waals surface area contributed by atoms with Gasteiger partial charge in [-0.05, 0) is 45.0 Å². The summed E-state index contributed by atoms with van der Waals surface area (Å²) in [4.78, 5) is 2.16. The number of aliphatic hydroxyl groups is 1. The highest BCUT2D eigenvalue weighted by Crippen LogP contribution is 2.52. The van der Waals surface area contributed by atoms with Gasteiger partial charge in [-0.2, -0.15) is 5.10 Å². The number of hydrogen-bond acceptors (Lipinski definition) is 5. The molecule has 3 aromatic rings. The van der Waals surface area contributed by atoms with Crippen molar-refractivity contribution in [2.45, 2.75) is 44.8 Å². The Morgan fingerprint density at radius 2 is 1.76 bits per heavy atom. The van der Waals surface area contributed by atoms with E-state index in [4.69, 9.17) is 27.9 Å². The molecule has 6 nitrogen and oxygen atoms in total. The van der Waals surface area contributed by atoms with Gasteiger partial charge < -0.3 is 19.8 Å². The molecule has 0 spiro atoms. The Bertz CT molecular complexity index is 1150. The zero-order valence-corrected chi connectivity index (χ0v) is 20.7. The number of phenols is 1. The van der Waals surface area contributed by atoms with Gasteiger partial charge >= 0.3 is 0 Å². The third-order valence-corrected chi connectivity index (χ3v) is 7.21. The Balaban J connectivity index is 1.63. The first-order valence-corrected chi connectivity index (χ1v) is 11.9. The number of aliphatic hydroxyl groups excluding tert-OH is 1. The molecular formula is C25H29Cl2N3O3. The van der Waals surface area contributed by atoms with Crippen LogP contribution in [-0.2, 0) is 4.74 Å². The number of benzene rings is 2. The number of hydrogen-bond donors (Lipinski definition) is 2. The topological polar surface area (TPSA) is 70.8 Å². The molecule has 0 aliphatic heterocycles. The zero-order valence-electron chi connectivity index (χ0n) is 19.2. The first-order valence-electron chi connectivity index (χ1n) is 11.1. The number of aryl methyl sites for hydroxylation is 1. The van der Waals surface area contributed by atoms with Gasteiger partial charge in [0.1, 0.15) is 5.75 Å². The lowest BCUT2D eigenvalue weighted by atomic mass is 9.63. The molecule has 1 aromatic heterocycles. The molecule has 4 unspecified atom stereocenters. The molecule has 176 valence electrons. The summed E-state index contributed by atoms with van der Waals surface area (Å²) >= 11 is 12.4. The Kier molecular flexibility index (Phi) is 6.91. The third-order valence-electron chi connectivity index (χ3n) is 6.67. The molecule has 0 bridgehead atoms. The maximum atomic E-state index is 11.2. The second kappa shape index (κ2) is 9.55. The van der Waals surface area contributed by atoms with Crippen molar-refractivity contribution in [2.75, 3.05) is 25.1 Å². The van der Waals surface area contributed by atoms with Crippen LogP contribution in [0.4, 0.5) is 5.69 Å². The van der Waals surface area contributed by atoms with E-state index in [0.29, 0.717) is 21.3 Å². The van der Waals surface area contributed by atoms with Crippen molar-refractivity contribution >= 4 is 28.9 Å². The predicted molar refractivity (Wildman–Crippen MR) is 132 cm³/mol. The Morgan fingerprint density at radius 3 is 2.36 bits per heavy atom. The average Bonchev–Trinajstić information content (AvgIpc) is 3.14. The highest BCUT2D eigenvalue weighted by molar-refractivity contribution is 6.35. The van der Waals surface area contributed by atoms with Gasteiger partial charge in [0.15, 0.2) is 0 Å². The van der Waals surface area contributed by atoms with E-state index < -0.39 is 6.10 Å². The van der Waals surface area contributed by atoms with E-state index in [9.17, 15) is 10.2 Å². The fourth-order valence-electron chi connectivity index (χ4n) is 4.90.